The number of nitrogens with two attached hydrogens (primary N) is 1. The van der Waals surface area contributed by atoms with Crippen molar-refractivity contribution < 1.29 is 4.52 Å². The molecular formula is C15H11BrClN3O. The second-order valence-electron chi connectivity index (χ2n) is 4.59. The molecule has 0 unspecified atom stereocenters. The maximum Gasteiger partial charge on any atom is 0.258 e. The van der Waals surface area contributed by atoms with Crippen LogP contribution in [-0.2, 0) is 6.42 Å². The van der Waals surface area contributed by atoms with Crippen LogP contribution in [0.25, 0.3) is 11.5 Å². The summed E-state index contributed by atoms with van der Waals surface area (Å²) in [6.07, 6.45) is 0.604. The fourth-order valence-electron chi connectivity index (χ4n) is 1.96. The van der Waals surface area contributed by atoms with E-state index in [2.05, 4.69) is 26.1 Å². The maximum absolute atomic E-state index is 5.98. The Morgan fingerprint density at radius 1 is 1.14 bits per heavy atom. The second kappa shape index (κ2) is 5.87. The first kappa shape index (κ1) is 14.1. The van der Waals surface area contributed by atoms with Gasteiger partial charge < -0.3 is 10.3 Å². The number of rotatable bonds is 3. The maximum atomic E-state index is 5.98. The van der Waals surface area contributed by atoms with E-state index >= 15 is 0 Å². The highest BCUT2D eigenvalue weighted by Crippen LogP contribution is 2.25. The van der Waals surface area contributed by atoms with Crippen molar-refractivity contribution in [3.05, 3.63) is 63.3 Å². The van der Waals surface area contributed by atoms with Crippen LogP contribution in [0.4, 0.5) is 5.69 Å². The summed E-state index contributed by atoms with van der Waals surface area (Å²) in [5.41, 5.74) is 8.15. The third-order valence-electron chi connectivity index (χ3n) is 2.91. The number of benzene rings is 2. The Balaban J connectivity index is 1.84. The van der Waals surface area contributed by atoms with Crippen LogP contribution in [0.15, 0.2) is 51.5 Å². The van der Waals surface area contributed by atoms with Crippen molar-refractivity contribution >= 4 is 33.2 Å². The predicted octanol–water partition coefficient (Wildman–Crippen LogP) is 4.33. The fourth-order valence-corrected chi connectivity index (χ4v) is 2.47. The zero-order valence-electron chi connectivity index (χ0n) is 10.9. The number of anilines is 1. The molecule has 0 fully saturated rings. The minimum atomic E-state index is 0.413. The monoisotopic (exact) mass is 363 g/mol. The van der Waals surface area contributed by atoms with Crippen molar-refractivity contribution in [3.63, 3.8) is 0 Å². The van der Waals surface area contributed by atoms with Crippen molar-refractivity contribution in [2.24, 2.45) is 0 Å². The lowest BCUT2D eigenvalue weighted by Crippen LogP contribution is -1.91. The molecule has 0 aliphatic heterocycles. The van der Waals surface area contributed by atoms with E-state index < -0.39 is 0 Å². The van der Waals surface area contributed by atoms with E-state index in [0.29, 0.717) is 28.8 Å². The van der Waals surface area contributed by atoms with E-state index in [4.69, 9.17) is 21.9 Å². The van der Waals surface area contributed by atoms with Gasteiger partial charge in [-0.05, 0) is 35.9 Å². The van der Waals surface area contributed by atoms with E-state index in [9.17, 15) is 0 Å². The lowest BCUT2D eigenvalue weighted by molar-refractivity contribution is 0.424. The Hall–Kier alpha value is -1.85. The van der Waals surface area contributed by atoms with Gasteiger partial charge in [0.1, 0.15) is 0 Å². The van der Waals surface area contributed by atoms with E-state index in [0.717, 1.165) is 15.6 Å². The minimum Gasteiger partial charge on any atom is -0.399 e. The molecule has 0 saturated heterocycles. The SMILES string of the molecule is Nc1cc(Cl)cc(-c2nc(Cc3ccc(Br)cc3)no2)c1. The largest absolute Gasteiger partial charge is 0.399 e. The highest BCUT2D eigenvalue weighted by molar-refractivity contribution is 9.10. The third-order valence-corrected chi connectivity index (χ3v) is 3.66. The molecule has 2 N–H and O–H groups in total. The van der Waals surface area contributed by atoms with Crippen molar-refractivity contribution in [1.29, 1.82) is 0 Å². The normalized spacial score (nSPS) is 10.8. The quantitative estimate of drug-likeness (QED) is 0.703. The average molecular weight is 365 g/mol. The van der Waals surface area contributed by atoms with Gasteiger partial charge in [-0.2, -0.15) is 4.98 Å². The van der Waals surface area contributed by atoms with Crippen LogP contribution in [0.5, 0.6) is 0 Å². The summed E-state index contributed by atoms with van der Waals surface area (Å²) >= 11 is 9.38. The summed E-state index contributed by atoms with van der Waals surface area (Å²) in [7, 11) is 0. The van der Waals surface area contributed by atoms with Gasteiger partial charge in [0.2, 0.25) is 0 Å². The highest BCUT2D eigenvalue weighted by Gasteiger charge is 2.10. The molecule has 3 rings (SSSR count). The first-order chi connectivity index (χ1) is 10.1. The van der Waals surface area contributed by atoms with Crippen molar-refractivity contribution in [1.82, 2.24) is 10.1 Å². The number of hydrogen-bond donors (Lipinski definition) is 1. The minimum absolute atomic E-state index is 0.413. The summed E-state index contributed by atoms with van der Waals surface area (Å²) in [5.74, 6) is 1.03. The first-order valence-corrected chi connectivity index (χ1v) is 7.41. The fraction of sp³-hybridized carbons (Fsp3) is 0.0667. The average Bonchev–Trinajstić information content (AvgIpc) is 2.89. The number of nitrogen functional groups attached to an aromatic ring is 1. The van der Waals surface area contributed by atoms with E-state index in [-0.39, 0.29) is 0 Å². The summed E-state index contributed by atoms with van der Waals surface area (Å²) in [6, 6.07) is 13.2. The highest BCUT2D eigenvalue weighted by atomic mass is 79.9. The Kier molecular flexibility index (Phi) is 3.94. The second-order valence-corrected chi connectivity index (χ2v) is 5.94. The standard InChI is InChI=1S/C15H11BrClN3O/c16-11-3-1-9(2-4-11)5-14-19-15(21-20-14)10-6-12(17)8-13(18)7-10/h1-4,6-8H,5,18H2. The van der Waals surface area contributed by atoms with Gasteiger partial charge in [-0.3, -0.25) is 0 Å². The molecule has 2 aromatic carbocycles. The zero-order chi connectivity index (χ0) is 14.8. The molecule has 1 heterocycles. The van der Waals surface area contributed by atoms with Crippen LogP contribution >= 0.6 is 27.5 Å². The topological polar surface area (TPSA) is 64.9 Å². The lowest BCUT2D eigenvalue weighted by Gasteiger charge is -1.98. The van der Waals surface area contributed by atoms with Gasteiger partial charge in [0, 0.05) is 27.2 Å². The van der Waals surface area contributed by atoms with Gasteiger partial charge in [-0.25, -0.2) is 0 Å². The molecule has 6 heteroatoms. The van der Waals surface area contributed by atoms with Gasteiger partial charge >= 0.3 is 0 Å². The molecule has 0 amide bonds. The predicted molar refractivity (Wildman–Crippen MR) is 86.1 cm³/mol. The molecule has 3 aromatic rings. The van der Waals surface area contributed by atoms with Gasteiger partial charge in [0.15, 0.2) is 5.82 Å². The number of halogens is 2. The molecular weight excluding hydrogens is 354 g/mol. The summed E-state index contributed by atoms with van der Waals surface area (Å²) in [6.45, 7) is 0. The van der Waals surface area contributed by atoms with Crippen LogP contribution in [0, 0.1) is 0 Å². The van der Waals surface area contributed by atoms with Crippen LogP contribution in [-0.4, -0.2) is 10.1 Å². The molecule has 0 radical (unpaired) electrons. The Morgan fingerprint density at radius 3 is 2.62 bits per heavy atom. The molecule has 0 saturated carbocycles. The Labute approximate surface area is 135 Å². The summed E-state index contributed by atoms with van der Waals surface area (Å²) < 4.78 is 6.31. The Bertz CT molecular complexity index is 751. The smallest absolute Gasteiger partial charge is 0.258 e. The number of hydrogen-bond acceptors (Lipinski definition) is 4. The van der Waals surface area contributed by atoms with Crippen molar-refractivity contribution in [2.75, 3.05) is 5.73 Å². The van der Waals surface area contributed by atoms with Crippen LogP contribution in [0.1, 0.15) is 11.4 Å². The first-order valence-electron chi connectivity index (χ1n) is 6.23. The number of nitrogens with zero attached hydrogens (tertiary/aromatic N) is 2. The summed E-state index contributed by atoms with van der Waals surface area (Å²) in [5, 5.41) is 4.53. The van der Waals surface area contributed by atoms with Crippen LogP contribution in [0.3, 0.4) is 0 Å². The van der Waals surface area contributed by atoms with Crippen LogP contribution < -0.4 is 5.73 Å². The van der Waals surface area contributed by atoms with Gasteiger partial charge in [0.25, 0.3) is 5.89 Å². The Morgan fingerprint density at radius 2 is 1.90 bits per heavy atom. The molecule has 21 heavy (non-hydrogen) atoms. The number of aromatic nitrogens is 2. The molecule has 4 nitrogen and oxygen atoms in total. The van der Waals surface area contributed by atoms with Crippen LogP contribution in [0.2, 0.25) is 5.02 Å². The van der Waals surface area contributed by atoms with Crippen molar-refractivity contribution in [3.8, 4) is 11.5 Å². The van der Waals surface area contributed by atoms with Crippen molar-refractivity contribution in [2.45, 2.75) is 6.42 Å². The zero-order valence-corrected chi connectivity index (χ0v) is 13.2. The lowest BCUT2D eigenvalue weighted by atomic mass is 10.1. The third kappa shape index (κ3) is 3.43. The molecule has 106 valence electrons. The molecule has 0 aliphatic carbocycles. The van der Waals surface area contributed by atoms with E-state index in [1.54, 1.807) is 18.2 Å². The molecule has 0 atom stereocenters. The molecule has 1 aromatic heterocycles. The molecule has 0 spiro atoms. The van der Waals surface area contributed by atoms with E-state index in [1.165, 1.54) is 0 Å². The summed E-state index contributed by atoms with van der Waals surface area (Å²) in [4.78, 5) is 4.38. The van der Waals surface area contributed by atoms with Gasteiger partial charge in [0.05, 0.1) is 0 Å². The van der Waals surface area contributed by atoms with E-state index in [1.807, 2.05) is 24.3 Å². The molecule has 0 bridgehead atoms. The molecule has 0 aliphatic rings. The van der Waals surface area contributed by atoms with Gasteiger partial charge in [-0.15, -0.1) is 0 Å². The van der Waals surface area contributed by atoms with Gasteiger partial charge in [-0.1, -0.05) is 44.8 Å².